The van der Waals surface area contributed by atoms with Gasteiger partial charge in [-0.1, -0.05) is 35.5 Å². The molecule has 2 bridgehead atoms. The highest BCUT2D eigenvalue weighted by Crippen LogP contribution is 2.47. The Morgan fingerprint density at radius 1 is 1.19 bits per heavy atom. The molecular formula is C19H23N5O2. The van der Waals surface area contributed by atoms with Gasteiger partial charge in [-0.25, -0.2) is 4.79 Å². The molecule has 0 unspecified atom stereocenters. The lowest BCUT2D eigenvalue weighted by molar-refractivity contribution is 0.183. The molecule has 3 fully saturated rings. The average molecular weight is 353 g/mol. The van der Waals surface area contributed by atoms with E-state index in [0.29, 0.717) is 42.1 Å². The highest BCUT2D eigenvalue weighted by molar-refractivity contribution is 5.76. The van der Waals surface area contributed by atoms with E-state index in [0.717, 1.165) is 31.5 Å². The van der Waals surface area contributed by atoms with E-state index in [1.165, 1.54) is 0 Å². The zero-order chi connectivity index (χ0) is 17.5. The van der Waals surface area contributed by atoms with Crippen molar-refractivity contribution in [1.29, 1.82) is 0 Å². The van der Waals surface area contributed by atoms with Gasteiger partial charge in [-0.15, -0.1) is 0 Å². The third kappa shape index (κ3) is 2.67. The second kappa shape index (κ2) is 6.39. The van der Waals surface area contributed by atoms with Crippen molar-refractivity contribution in [3.05, 3.63) is 47.6 Å². The number of aromatic nitrogens is 2. The molecule has 7 nitrogen and oxygen atoms in total. The van der Waals surface area contributed by atoms with Gasteiger partial charge in [0.2, 0.25) is 5.89 Å². The summed E-state index contributed by atoms with van der Waals surface area (Å²) in [5.74, 6) is 2.35. The van der Waals surface area contributed by atoms with E-state index in [-0.39, 0.29) is 12.6 Å². The van der Waals surface area contributed by atoms with Crippen LogP contribution in [-0.2, 0) is 13.0 Å². The quantitative estimate of drug-likeness (QED) is 0.871. The lowest BCUT2D eigenvalue weighted by Gasteiger charge is -2.24. The molecule has 0 saturated carbocycles. The summed E-state index contributed by atoms with van der Waals surface area (Å²) in [6, 6.07) is 10.8. The van der Waals surface area contributed by atoms with Crippen LogP contribution in [0.25, 0.3) is 0 Å². The Morgan fingerprint density at radius 3 is 2.65 bits per heavy atom. The molecule has 7 heteroatoms. The van der Waals surface area contributed by atoms with Crippen LogP contribution in [-0.4, -0.2) is 46.2 Å². The van der Waals surface area contributed by atoms with Crippen molar-refractivity contribution in [2.45, 2.75) is 37.9 Å². The van der Waals surface area contributed by atoms with Crippen molar-refractivity contribution in [2.24, 2.45) is 11.8 Å². The van der Waals surface area contributed by atoms with Crippen LogP contribution < -0.4 is 10.6 Å². The van der Waals surface area contributed by atoms with Gasteiger partial charge in [0.1, 0.15) is 0 Å². The third-order valence-electron chi connectivity index (χ3n) is 6.11. The Morgan fingerprint density at radius 2 is 1.92 bits per heavy atom. The number of fused-ring (bicyclic) bond motifs is 5. The molecule has 3 aliphatic rings. The van der Waals surface area contributed by atoms with Crippen LogP contribution in [0.15, 0.2) is 34.9 Å². The minimum absolute atomic E-state index is 0.00899. The Kier molecular flexibility index (Phi) is 3.89. The number of rotatable bonds is 4. The number of nitrogens with zero attached hydrogens (tertiary/aromatic N) is 3. The first-order valence-corrected chi connectivity index (χ1v) is 9.42. The van der Waals surface area contributed by atoms with E-state index < -0.39 is 0 Å². The first-order chi connectivity index (χ1) is 12.8. The molecule has 0 aliphatic carbocycles. The molecule has 1 aromatic carbocycles. The summed E-state index contributed by atoms with van der Waals surface area (Å²) in [6.45, 7) is 2.37. The van der Waals surface area contributed by atoms with Gasteiger partial charge >= 0.3 is 6.03 Å². The predicted octanol–water partition coefficient (Wildman–Crippen LogP) is 1.55. The van der Waals surface area contributed by atoms with Gasteiger partial charge in [-0.2, -0.15) is 4.98 Å². The van der Waals surface area contributed by atoms with Crippen LogP contribution >= 0.6 is 0 Å². The number of nitrogens with one attached hydrogen (secondary N) is 2. The summed E-state index contributed by atoms with van der Waals surface area (Å²) in [4.78, 5) is 19.2. The number of benzene rings is 1. The summed E-state index contributed by atoms with van der Waals surface area (Å²) in [5.41, 5.74) is 1.14. The standard InChI is InChI=1S/C19H23N5O2/c25-19(24-15-6-7-16(24)14-10-20-9-13(14)15)21-11-18-22-17(23-26-18)8-12-4-2-1-3-5-12/h1-5,13-16,20H,6-11H2,(H,21,25)/t13-,14+,15-,16+. The van der Waals surface area contributed by atoms with E-state index in [1.807, 2.05) is 30.3 Å². The zero-order valence-corrected chi connectivity index (χ0v) is 14.6. The Bertz CT molecular complexity index is 774. The van der Waals surface area contributed by atoms with E-state index in [4.69, 9.17) is 4.52 Å². The molecule has 2 amide bonds. The highest BCUT2D eigenvalue weighted by Gasteiger charge is 2.56. The van der Waals surface area contributed by atoms with Gasteiger partial charge in [0.25, 0.3) is 0 Å². The van der Waals surface area contributed by atoms with Gasteiger partial charge < -0.3 is 20.1 Å². The second-order valence-corrected chi connectivity index (χ2v) is 7.53. The summed E-state index contributed by atoms with van der Waals surface area (Å²) < 4.78 is 5.29. The van der Waals surface area contributed by atoms with Crippen molar-refractivity contribution in [3.63, 3.8) is 0 Å². The smallest absolute Gasteiger partial charge is 0.318 e. The largest absolute Gasteiger partial charge is 0.337 e. The van der Waals surface area contributed by atoms with Crippen LogP contribution in [0.1, 0.15) is 30.1 Å². The van der Waals surface area contributed by atoms with E-state index in [9.17, 15) is 4.79 Å². The first kappa shape index (κ1) is 15.8. The number of hydrogen-bond acceptors (Lipinski definition) is 5. The van der Waals surface area contributed by atoms with Crippen molar-refractivity contribution < 1.29 is 9.32 Å². The molecule has 0 spiro atoms. The number of urea groups is 1. The molecule has 3 saturated heterocycles. The monoisotopic (exact) mass is 353 g/mol. The van der Waals surface area contributed by atoms with Crippen LogP contribution in [0.3, 0.4) is 0 Å². The van der Waals surface area contributed by atoms with E-state index in [2.05, 4.69) is 25.7 Å². The van der Waals surface area contributed by atoms with Crippen molar-refractivity contribution in [3.8, 4) is 0 Å². The fraction of sp³-hybridized carbons (Fsp3) is 0.526. The summed E-state index contributed by atoms with van der Waals surface area (Å²) in [5, 5.41) is 10.5. The Labute approximate surface area is 152 Å². The molecule has 0 radical (unpaired) electrons. The topological polar surface area (TPSA) is 83.3 Å². The van der Waals surface area contributed by atoms with Gasteiger partial charge in [-0.05, 0) is 30.2 Å². The molecule has 2 N–H and O–H groups in total. The van der Waals surface area contributed by atoms with E-state index >= 15 is 0 Å². The van der Waals surface area contributed by atoms with Crippen LogP contribution in [0, 0.1) is 11.8 Å². The van der Waals surface area contributed by atoms with Gasteiger partial charge in [0.05, 0.1) is 6.54 Å². The van der Waals surface area contributed by atoms with Crippen LogP contribution in [0.2, 0.25) is 0 Å². The lowest BCUT2D eigenvalue weighted by atomic mass is 9.82. The molecule has 3 aliphatic heterocycles. The Hall–Kier alpha value is -2.41. The predicted molar refractivity (Wildman–Crippen MR) is 94.3 cm³/mol. The van der Waals surface area contributed by atoms with Gasteiger partial charge in [0.15, 0.2) is 5.82 Å². The zero-order valence-electron chi connectivity index (χ0n) is 14.6. The summed E-state index contributed by atoms with van der Waals surface area (Å²) in [7, 11) is 0. The molecule has 4 heterocycles. The molecule has 136 valence electrons. The van der Waals surface area contributed by atoms with Crippen molar-refractivity contribution in [1.82, 2.24) is 25.7 Å². The number of hydrogen-bond donors (Lipinski definition) is 2. The summed E-state index contributed by atoms with van der Waals surface area (Å²) in [6.07, 6.45) is 2.89. The minimum atomic E-state index is 0.00899. The van der Waals surface area contributed by atoms with Crippen molar-refractivity contribution >= 4 is 6.03 Å². The summed E-state index contributed by atoms with van der Waals surface area (Å²) >= 11 is 0. The maximum atomic E-state index is 12.7. The van der Waals surface area contributed by atoms with Gasteiger partial charge in [-0.3, -0.25) is 0 Å². The normalized spacial score (nSPS) is 29.2. The number of carbonyl (C=O) groups excluding carboxylic acids is 1. The molecule has 4 atom stereocenters. The molecule has 2 aromatic rings. The Balaban J connectivity index is 1.19. The van der Waals surface area contributed by atoms with Crippen LogP contribution in [0.5, 0.6) is 0 Å². The van der Waals surface area contributed by atoms with Gasteiger partial charge in [0, 0.05) is 31.6 Å². The fourth-order valence-corrected chi connectivity index (χ4v) is 5.02. The first-order valence-electron chi connectivity index (χ1n) is 9.42. The molecular weight excluding hydrogens is 330 g/mol. The van der Waals surface area contributed by atoms with E-state index in [1.54, 1.807) is 0 Å². The fourth-order valence-electron chi connectivity index (χ4n) is 5.02. The molecule has 1 aromatic heterocycles. The minimum Gasteiger partial charge on any atom is -0.337 e. The highest BCUT2D eigenvalue weighted by atomic mass is 16.5. The second-order valence-electron chi connectivity index (χ2n) is 7.53. The lowest BCUT2D eigenvalue weighted by Crippen LogP contribution is -2.45. The SMILES string of the molecule is O=C(NCc1nc(Cc2ccccc2)no1)N1[C@@H]2CC[C@H]1[C@H]1CNC[C@H]12. The van der Waals surface area contributed by atoms with Crippen molar-refractivity contribution in [2.75, 3.05) is 13.1 Å². The van der Waals surface area contributed by atoms with Crippen LogP contribution in [0.4, 0.5) is 4.79 Å². The molecule has 26 heavy (non-hydrogen) atoms. The number of carbonyl (C=O) groups is 1. The average Bonchev–Trinajstić information content (AvgIpc) is 3.42. The maximum absolute atomic E-state index is 12.7. The third-order valence-corrected chi connectivity index (χ3v) is 6.11. The maximum Gasteiger partial charge on any atom is 0.318 e. The number of amides is 2. The molecule has 5 rings (SSSR count).